The minimum Gasteiger partial charge on any atom is -0.495 e. The van der Waals surface area contributed by atoms with Gasteiger partial charge < -0.3 is 15.4 Å². The first-order chi connectivity index (χ1) is 10.1. The zero-order valence-corrected chi connectivity index (χ0v) is 13.2. The predicted molar refractivity (Wildman–Crippen MR) is 86.8 cm³/mol. The molecule has 0 atom stereocenters. The molecule has 0 aliphatic rings. The van der Waals surface area contributed by atoms with Crippen molar-refractivity contribution in [2.45, 2.75) is 20.3 Å². The molecular formula is C15H19ClN4O. The number of anilines is 3. The molecule has 2 aromatic rings. The lowest BCUT2D eigenvalue weighted by molar-refractivity contribution is 0.416. The van der Waals surface area contributed by atoms with Crippen LogP contribution in [0.4, 0.5) is 17.5 Å². The standard InChI is InChI=1S/C15H19ClN4O/c1-4-6-17-15-18-7-5-14(20-15)19-12-8-10(2)11(16)9-13(12)21-3/h5,7-9H,4,6H2,1-3H3,(H2,17,18,19,20). The molecule has 0 unspecified atom stereocenters. The fourth-order valence-corrected chi connectivity index (χ4v) is 1.97. The van der Waals surface area contributed by atoms with E-state index in [1.54, 1.807) is 25.4 Å². The maximum Gasteiger partial charge on any atom is 0.224 e. The monoisotopic (exact) mass is 306 g/mol. The maximum absolute atomic E-state index is 6.11. The molecule has 0 aliphatic carbocycles. The van der Waals surface area contributed by atoms with E-state index in [9.17, 15) is 0 Å². The predicted octanol–water partition coefficient (Wildman–Crippen LogP) is 4.01. The molecular weight excluding hydrogens is 288 g/mol. The van der Waals surface area contributed by atoms with Crippen molar-refractivity contribution in [1.29, 1.82) is 0 Å². The summed E-state index contributed by atoms with van der Waals surface area (Å²) in [5.41, 5.74) is 1.79. The number of ether oxygens (including phenoxy) is 1. The van der Waals surface area contributed by atoms with E-state index in [1.807, 2.05) is 13.0 Å². The Morgan fingerprint density at radius 1 is 1.33 bits per heavy atom. The highest BCUT2D eigenvalue weighted by Crippen LogP contribution is 2.32. The second-order valence-electron chi connectivity index (χ2n) is 4.62. The van der Waals surface area contributed by atoms with Gasteiger partial charge in [-0.15, -0.1) is 0 Å². The third-order valence-corrected chi connectivity index (χ3v) is 3.34. The summed E-state index contributed by atoms with van der Waals surface area (Å²) in [5.74, 6) is 1.97. The first-order valence-electron chi connectivity index (χ1n) is 6.82. The van der Waals surface area contributed by atoms with Gasteiger partial charge in [0, 0.05) is 23.8 Å². The molecule has 0 aliphatic heterocycles. The van der Waals surface area contributed by atoms with E-state index in [2.05, 4.69) is 27.5 Å². The number of aromatic nitrogens is 2. The van der Waals surface area contributed by atoms with Crippen LogP contribution >= 0.6 is 11.6 Å². The van der Waals surface area contributed by atoms with Crippen LogP contribution in [0, 0.1) is 6.92 Å². The molecule has 6 heteroatoms. The van der Waals surface area contributed by atoms with E-state index >= 15 is 0 Å². The van der Waals surface area contributed by atoms with Crippen LogP contribution in [-0.2, 0) is 0 Å². The van der Waals surface area contributed by atoms with Gasteiger partial charge >= 0.3 is 0 Å². The first kappa shape index (κ1) is 15.4. The van der Waals surface area contributed by atoms with Crippen molar-refractivity contribution < 1.29 is 4.74 Å². The number of nitrogens with one attached hydrogen (secondary N) is 2. The van der Waals surface area contributed by atoms with Crippen molar-refractivity contribution in [3.05, 3.63) is 35.0 Å². The fraction of sp³-hybridized carbons (Fsp3) is 0.333. The number of methoxy groups -OCH3 is 1. The van der Waals surface area contributed by atoms with Crippen LogP contribution in [0.3, 0.4) is 0 Å². The largest absolute Gasteiger partial charge is 0.495 e. The van der Waals surface area contributed by atoms with Crippen LogP contribution in [0.25, 0.3) is 0 Å². The van der Waals surface area contributed by atoms with Gasteiger partial charge in [0.05, 0.1) is 12.8 Å². The first-order valence-corrected chi connectivity index (χ1v) is 7.20. The van der Waals surface area contributed by atoms with Gasteiger partial charge in [-0.3, -0.25) is 0 Å². The van der Waals surface area contributed by atoms with E-state index in [0.717, 1.165) is 24.2 Å². The van der Waals surface area contributed by atoms with Crippen molar-refractivity contribution in [1.82, 2.24) is 9.97 Å². The highest BCUT2D eigenvalue weighted by atomic mass is 35.5. The molecule has 0 radical (unpaired) electrons. The molecule has 1 heterocycles. The molecule has 5 nitrogen and oxygen atoms in total. The SMILES string of the molecule is CCCNc1nccc(Nc2cc(C)c(Cl)cc2OC)n1. The van der Waals surface area contributed by atoms with Crippen molar-refractivity contribution in [2.24, 2.45) is 0 Å². The third kappa shape index (κ3) is 3.98. The smallest absolute Gasteiger partial charge is 0.224 e. The lowest BCUT2D eigenvalue weighted by Gasteiger charge is -2.13. The lowest BCUT2D eigenvalue weighted by Crippen LogP contribution is -2.05. The van der Waals surface area contributed by atoms with Crippen LogP contribution in [0.5, 0.6) is 5.75 Å². The molecule has 1 aromatic heterocycles. The average Bonchev–Trinajstić information content (AvgIpc) is 2.49. The molecule has 0 bridgehead atoms. The van der Waals surface area contributed by atoms with Gasteiger partial charge in [-0.2, -0.15) is 4.98 Å². The molecule has 0 saturated heterocycles. The minimum atomic E-state index is 0.603. The molecule has 1 aromatic carbocycles. The minimum absolute atomic E-state index is 0.603. The van der Waals surface area contributed by atoms with Gasteiger partial charge in [-0.05, 0) is 31.0 Å². The van der Waals surface area contributed by atoms with E-state index < -0.39 is 0 Å². The quantitative estimate of drug-likeness (QED) is 0.844. The topological polar surface area (TPSA) is 59.1 Å². The number of nitrogens with zero attached hydrogens (tertiary/aromatic N) is 2. The zero-order valence-electron chi connectivity index (χ0n) is 12.4. The number of aryl methyl sites for hydroxylation is 1. The van der Waals surface area contributed by atoms with E-state index in [-0.39, 0.29) is 0 Å². The molecule has 0 amide bonds. The number of hydrogen-bond acceptors (Lipinski definition) is 5. The van der Waals surface area contributed by atoms with Gasteiger partial charge in [-0.25, -0.2) is 4.98 Å². The summed E-state index contributed by atoms with van der Waals surface area (Å²) in [4.78, 5) is 8.59. The van der Waals surface area contributed by atoms with E-state index in [0.29, 0.717) is 22.5 Å². The summed E-state index contributed by atoms with van der Waals surface area (Å²) in [5, 5.41) is 7.06. The van der Waals surface area contributed by atoms with Crippen molar-refractivity contribution in [3.63, 3.8) is 0 Å². The highest BCUT2D eigenvalue weighted by molar-refractivity contribution is 6.31. The number of rotatable bonds is 6. The summed E-state index contributed by atoms with van der Waals surface area (Å²) < 4.78 is 5.34. The summed E-state index contributed by atoms with van der Waals surface area (Å²) >= 11 is 6.11. The van der Waals surface area contributed by atoms with Crippen molar-refractivity contribution in [2.75, 3.05) is 24.3 Å². The number of benzene rings is 1. The Kier molecular flexibility index (Phi) is 5.22. The Morgan fingerprint density at radius 2 is 2.14 bits per heavy atom. The van der Waals surface area contributed by atoms with Crippen molar-refractivity contribution >= 4 is 29.1 Å². The van der Waals surface area contributed by atoms with Gasteiger partial charge in [0.1, 0.15) is 11.6 Å². The van der Waals surface area contributed by atoms with Crippen molar-refractivity contribution in [3.8, 4) is 5.75 Å². The Morgan fingerprint density at radius 3 is 2.86 bits per heavy atom. The summed E-state index contributed by atoms with van der Waals surface area (Å²) in [6, 6.07) is 5.53. The Labute approximate surface area is 129 Å². The number of hydrogen-bond donors (Lipinski definition) is 2. The number of halogens is 1. The second-order valence-corrected chi connectivity index (χ2v) is 5.03. The molecule has 0 fully saturated rings. The normalized spacial score (nSPS) is 10.3. The maximum atomic E-state index is 6.11. The van der Waals surface area contributed by atoms with E-state index in [1.165, 1.54) is 0 Å². The van der Waals surface area contributed by atoms with Crippen LogP contribution in [-0.4, -0.2) is 23.6 Å². The summed E-state index contributed by atoms with van der Waals surface area (Å²) in [6.45, 7) is 4.88. The second kappa shape index (κ2) is 7.13. The van der Waals surface area contributed by atoms with Crippen LogP contribution in [0.2, 0.25) is 5.02 Å². The summed E-state index contributed by atoms with van der Waals surface area (Å²) in [7, 11) is 1.61. The fourth-order valence-electron chi connectivity index (χ4n) is 1.82. The van der Waals surface area contributed by atoms with E-state index in [4.69, 9.17) is 16.3 Å². The van der Waals surface area contributed by atoms with Gasteiger partial charge in [0.25, 0.3) is 0 Å². The van der Waals surface area contributed by atoms with Crippen LogP contribution in [0.1, 0.15) is 18.9 Å². The van der Waals surface area contributed by atoms with Crippen LogP contribution in [0.15, 0.2) is 24.4 Å². The van der Waals surface area contributed by atoms with Gasteiger partial charge in [-0.1, -0.05) is 18.5 Å². The molecule has 112 valence electrons. The molecule has 2 rings (SSSR count). The molecule has 2 N–H and O–H groups in total. The molecule has 0 spiro atoms. The Hall–Kier alpha value is -2.01. The summed E-state index contributed by atoms with van der Waals surface area (Å²) in [6.07, 6.45) is 2.73. The molecule has 21 heavy (non-hydrogen) atoms. The highest BCUT2D eigenvalue weighted by Gasteiger charge is 2.08. The lowest BCUT2D eigenvalue weighted by atomic mass is 10.2. The van der Waals surface area contributed by atoms with Gasteiger partial charge in [0.15, 0.2) is 0 Å². The average molecular weight is 307 g/mol. The van der Waals surface area contributed by atoms with Crippen LogP contribution < -0.4 is 15.4 Å². The van der Waals surface area contributed by atoms with Gasteiger partial charge in [0.2, 0.25) is 5.95 Å². The zero-order chi connectivity index (χ0) is 15.2. The third-order valence-electron chi connectivity index (χ3n) is 2.93. The Balaban J connectivity index is 2.23. The molecule has 0 saturated carbocycles. The Bertz CT molecular complexity index is 619.